The molecule has 0 saturated carbocycles. The summed E-state index contributed by atoms with van der Waals surface area (Å²) in [4.78, 5) is 16.0. The lowest BCUT2D eigenvalue weighted by Gasteiger charge is -2.41. The van der Waals surface area contributed by atoms with Crippen molar-refractivity contribution in [2.45, 2.75) is 12.0 Å². The van der Waals surface area contributed by atoms with Gasteiger partial charge in [0.2, 0.25) is 5.95 Å². The summed E-state index contributed by atoms with van der Waals surface area (Å²) in [6.45, 7) is 0.366. The summed E-state index contributed by atoms with van der Waals surface area (Å²) in [5.74, 6) is -1.16. The molecule has 168 valence electrons. The molecule has 2 aliphatic heterocycles. The highest BCUT2D eigenvalue weighted by Gasteiger charge is 2.48. The summed E-state index contributed by atoms with van der Waals surface area (Å²) >= 11 is 0. The summed E-state index contributed by atoms with van der Waals surface area (Å²) < 4.78 is 41.3. The molecule has 0 unspecified atom stereocenters. The molecule has 3 aromatic heterocycles. The van der Waals surface area contributed by atoms with E-state index in [9.17, 15) is 4.39 Å². The normalized spacial score (nSPS) is 18.4. The summed E-state index contributed by atoms with van der Waals surface area (Å²) in [6.07, 6.45) is 5.14. The first-order chi connectivity index (χ1) is 16.5. The predicted octanol–water partition coefficient (Wildman–Crippen LogP) is 4.57. The van der Waals surface area contributed by atoms with Crippen molar-refractivity contribution in [2.24, 2.45) is 10.7 Å². The maximum absolute atomic E-state index is 15.3. The Hall–Kier alpha value is -4.40. The highest BCUT2D eigenvalue weighted by Crippen LogP contribution is 2.53. The number of hydrogen-bond acceptors (Lipinski definition) is 7. The molecule has 0 radical (unpaired) electrons. The molecule has 0 bridgehead atoms. The number of amidine groups is 1. The van der Waals surface area contributed by atoms with Gasteiger partial charge in [0.15, 0.2) is 11.4 Å². The molecule has 34 heavy (non-hydrogen) atoms. The third-order valence-electron chi connectivity index (χ3n) is 6.02. The van der Waals surface area contributed by atoms with E-state index in [-0.39, 0.29) is 17.5 Å². The maximum atomic E-state index is 15.3. The van der Waals surface area contributed by atoms with Crippen molar-refractivity contribution in [3.8, 4) is 33.9 Å². The summed E-state index contributed by atoms with van der Waals surface area (Å²) in [7, 11) is 0. The van der Waals surface area contributed by atoms with Crippen LogP contribution in [0.25, 0.3) is 22.4 Å². The van der Waals surface area contributed by atoms with Crippen LogP contribution in [0.2, 0.25) is 0 Å². The highest BCUT2D eigenvalue weighted by molar-refractivity contribution is 5.76. The van der Waals surface area contributed by atoms with E-state index in [4.69, 9.17) is 15.2 Å². The Bertz CT molecular complexity index is 1460. The Balaban J connectivity index is 1.59. The number of benzene rings is 1. The van der Waals surface area contributed by atoms with Crippen LogP contribution in [0.4, 0.5) is 8.78 Å². The Morgan fingerprint density at radius 3 is 2.65 bits per heavy atom. The van der Waals surface area contributed by atoms with Crippen LogP contribution < -0.4 is 10.5 Å². The van der Waals surface area contributed by atoms with Gasteiger partial charge in [-0.05, 0) is 35.9 Å². The van der Waals surface area contributed by atoms with E-state index >= 15 is 4.39 Å². The number of ether oxygens (including phenoxy) is 2. The molecule has 1 spiro atoms. The minimum Gasteiger partial charge on any atom is -0.452 e. The standard InChI is InChI=1S/C25H17F2N5O2/c26-21-11-15(5-8-30-21)19-12-18-22(23(27)32-19)33-20-4-3-14(16-2-1-7-29-13-16)10-17(20)25(18)6-9-31-24(28)34-25/h1-5,7-8,10-13H,6,9H2,(H2,28,31)/t25-/m0/s1. The van der Waals surface area contributed by atoms with E-state index < -0.39 is 17.5 Å². The molecule has 0 aliphatic carbocycles. The molecule has 9 heteroatoms. The number of halogens is 2. The molecule has 2 aliphatic rings. The quantitative estimate of drug-likeness (QED) is 0.443. The fourth-order valence-electron chi connectivity index (χ4n) is 4.48. The van der Waals surface area contributed by atoms with Crippen LogP contribution in [0.1, 0.15) is 17.5 Å². The number of nitrogens with zero attached hydrogens (tertiary/aromatic N) is 4. The van der Waals surface area contributed by atoms with Crippen LogP contribution in [0.3, 0.4) is 0 Å². The lowest BCUT2D eigenvalue weighted by molar-refractivity contribution is 0.0625. The van der Waals surface area contributed by atoms with Crippen molar-refractivity contribution < 1.29 is 18.3 Å². The summed E-state index contributed by atoms with van der Waals surface area (Å²) in [5, 5.41) is 0. The number of hydrogen-bond donors (Lipinski definition) is 1. The van der Waals surface area contributed by atoms with E-state index in [0.29, 0.717) is 35.4 Å². The Kier molecular flexibility index (Phi) is 4.51. The zero-order chi connectivity index (χ0) is 23.3. The van der Waals surface area contributed by atoms with Crippen LogP contribution in [0.15, 0.2) is 72.1 Å². The molecule has 0 saturated heterocycles. The van der Waals surface area contributed by atoms with Gasteiger partial charge in [0, 0.05) is 59.9 Å². The van der Waals surface area contributed by atoms with Gasteiger partial charge in [-0.15, -0.1) is 0 Å². The van der Waals surface area contributed by atoms with Gasteiger partial charge in [-0.25, -0.2) is 15.0 Å². The number of aromatic nitrogens is 3. The van der Waals surface area contributed by atoms with Gasteiger partial charge in [-0.2, -0.15) is 8.78 Å². The SMILES string of the molecule is NC1=NCC[C@]2(O1)c1cc(-c3cccnc3)ccc1Oc1c2cc(-c2ccnc(F)c2)nc1F. The molecule has 5 heterocycles. The molecule has 0 fully saturated rings. The number of rotatable bonds is 2. The molecule has 0 amide bonds. The van der Waals surface area contributed by atoms with Crippen LogP contribution in [0.5, 0.6) is 11.5 Å². The summed E-state index contributed by atoms with van der Waals surface area (Å²) in [6, 6.07) is 13.7. The van der Waals surface area contributed by atoms with Gasteiger partial charge in [0.25, 0.3) is 12.0 Å². The topological polar surface area (TPSA) is 95.5 Å². The van der Waals surface area contributed by atoms with Gasteiger partial charge in [0.05, 0.1) is 5.69 Å². The largest absolute Gasteiger partial charge is 0.452 e. The first-order valence-electron chi connectivity index (χ1n) is 10.6. The lowest BCUT2D eigenvalue weighted by atomic mass is 9.79. The van der Waals surface area contributed by atoms with Crippen molar-refractivity contribution in [2.75, 3.05) is 6.54 Å². The average Bonchev–Trinajstić information content (AvgIpc) is 2.85. The predicted molar refractivity (Wildman–Crippen MR) is 120 cm³/mol. The Morgan fingerprint density at radius 2 is 1.85 bits per heavy atom. The first kappa shape index (κ1) is 20.2. The number of pyridine rings is 3. The van der Waals surface area contributed by atoms with Gasteiger partial charge in [-0.3, -0.25) is 4.98 Å². The van der Waals surface area contributed by atoms with E-state index in [1.54, 1.807) is 30.6 Å². The second-order valence-electron chi connectivity index (χ2n) is 8.00. The molecular weight excluding hydrogens is 440 g/mol. The van der Waals surface area contributed by atoms with Gasteiger partial charge in [0.1, 0.15) is 5.75 Å². The minimum absolute atomic E-state index is 0.00874. The number of fused-ring (bicyclic) bond motifs is 4. The number of aliphatic imine (C=N–C) groups is 1. The molecule has 7 nitrogen and oxygen atoms in total. The zero-order valence-corrected chi connectivity index (χ0v) is 17.7. The summed E-state index contributed by atoms with van der Waals surface area (Å²) in [5.41, 5.74) is 8.31. The van der Waals surface area contributed by atoms with E-state index in [1.165, 1.54) is 12.3 Å². The zero-order valence-electron chi connectivity index (χ0n) is 17.7. The molecule has 1 atom stereocenters. The third kappa shape index (κ3) is 3.16. The lowest BCUT2D eigenvalue weighted by Crippen LogP contribution is -2.42. The average molecular weight is 457 g/mol. The van der Waals surface area contributed by atoms with Crippen molar-refractivity contribution in [3.63, 3.8) is 0 Å². The van der Waals surface area contributed by atoms with Crippen molar-refractivity contribution in [1.29, 1.82) is 0 Å². The fourth-order valence-corrected chi connectivity index (χ4v) is 4.48. The van der Waals surface area contributed by atoms with Gasteiger partial charge >= 0.3 is 0 Å². The molecule has 6 rings (SSSR count). The first-order valence-corrected chi connectivity index (χ1v) is 10.6. The maximum Gasteiger partial charge on any atom is 0.283 e. The fraction of sp³-hybridized carbons (Fsp3) is 0.120. The van der Waals surface area contributed by atoms with E-state index in [0.717, 1.165) is 11.1 Å². The minimum atomic E-state index is -1.17. The Morgan fingerprint density at radius 1 is 0.941 bits per heavy atom. The van der Waals surface area contributed by atoms with Crippen molar-refractivity contribution in [3.05, 3.63) is 90.1 Å². The smallest absolute Gasteiger partial charge is 0.283 e. The van der Waals surface area contributed by atoms with Crippen LogP contribution in [0, 0.1) is 11.9 Å². The van der Waals surface area contributed by atoms with Crippen molar-refractivity contribution >= 4 is 6.02 Å². The second-order valence-corrected chi connectivity index (χ2v) is 8.00. The third-order valence-corrected chi connectivity index (χ3v) is 6.02. The van der Waals surface area contributed by atoms with Crippen molar-refractivity contribution in [1.82, 2.24) is 15.0 Å². The Labute approximate surface area is 193 Å². The molecule has 4 aromatic rings. The molecular formula is C25H17F2N5O2. The van der Waals surface area contributed by atoms with Crippen LogP contribution in [-0.4, -0.2) is 27.5 Å². The highest BCUT2D eigenvalue weighted by atomic mass is 19.1. The van der Waals surface area contributed by atoms with Crippen LogP contribution >= 0.6 is 0 Å². The van der Waals surface area contributed by atoms with E-state index in [1.807, 2.05) is 24.3 Å². The van der Waals surface area contributed by atoms with E-state index in [2.05, 4.69) is 19.9 Å². The monoisotopic (exact) mass is 457 g/mol. The molecule has 2 N–H and O–H groups in total. The van der Waals surface area contributed by atoms with Gasteiger partial charge < -0.3 is 15.2 Å². The molecule has 1 aromatic carbocycles. The van der Waals surface area contributed by atoms with Gasteiger partial charge in [-0.1, -0.05) is 12.1 Å². The number of nitrogens with two attached hydrogens (primary N) is 1. The second kappa shape index (κ2) is 7.58. The van der Waals surface area contributed by atoms with Crippen LogP contribution in [-0.2, 0) is 10.3 Å².